The third kappa shape index (κ3) is 4.45. The summed E-state index contributed by atoms with van der Waals surface area (Å²) in [4.78, 5) is 12.1. The third-order valence-corrected chi connectivity index (χ3v) is 4.53. The van der Waals surface area contributed by atoms with Gasteiger partial charge in [-0.1, -0.05) is 48.0 Å². The van der Waals surface area contributed by atoms with Gasteiger partial charge in [-0.2, -0.15) is 5.10 Å². The quantitative estimate of drug-likeness (QED) is 0.447. The van der Waals surface area contributed by atoms with Gasteiger partial charge in [-0.3, -0.25) is 4.79 Å². The molecule has 0 aliphatic heterocycles. The van der Waals surface area contributed by atoms with Gasteiger partial charge in [0.1, 0.15) is 5.75 Å². The number of phenolic OH excluding ortho intramolecular Hbond substituents is 1. The number of aromatic hydroxyl groups is 1. The number of carbonyl (C=O) groups excluding carboxylic acids is 1. The number of halogens is 1. The van der Waals surface area contributed by atoms with Gasteiger partial charge in [-0.25, -0.2) is 5.43 Å². The zero-order chi connectivity index (χ0) is 19.2. The fraction of sp³-hybridized carbons (Fsp3) is 0.143. The molecule has 0 saturated carbocycles. The lowest BCUT2D eigenvalue weighted by atomic mass is 9.97. The molecule has 6 heteroatoms. The van der Waals surface area contributed by atoms with Crippen molar-refractivity contribution in [2.45, 2.75) is 12.8 Å². The first-order valence-corrected chi connectivity index (χ1v) is 8.91. The van der Waals surface area contributed by atoms with Crippen molar-refractivity contribution in [2.24, 2.45) is 5.10 Å². The van der Waals surface area contributed by atoms with E-state index in [0.29, 0.717) is 12.0 Å². The summed E-state index contributed by atoms with van der Waals surface area (Å²) < 4.78 is 0. The molecule has 27 heavy (non-hydrogen) atoms. The second-order valence-electron chi connectivity index (χ2n) is 6.05. The number of amides is 1. The Morgan fingerprint density at radius 3 is 2.63 bits per heavy atom. The molecular weight excluding hydrogens is 364 g/mol. The minimum absolute atomic E-state index is 0.0792. The van der Waals surface area contributed by atoms with Crippen molar-refractivity contribution in [2.75, 3.05) is 6.61 Å². The van der Waals surface area contributed by atoms with Crippen molar-refractivity contribution < 1.29 is 15.0 Å². The molecule has 3 aromatic carbocycles. The van der Waals surface area contributed by atoms with Crippen LogP contribution < -0.4 is 5.43 Å². The van der Waals surface area contributed by atoms with E-state index in [1.54, 1.807) is 6.21 Å². The molecule has 3 aromatic rings. The Hall–Kier alpha value is -2.89. The first kappa shape index (κ1) is 18.9. The minimum Gasteiger partial charge on any atom is -0.506 e. The fourth-order valence-electron chi connectivity index (χ4n) is 2.86. The summed E-state index contributed by atoms with van der Waals surface area (Å²) >= 11 is 5.82. The van der Waals surface area contributed by atoms with E-state index >= 15 is 0 Å². The Labute approximate surface area is 161 Å². The normalized spacial score (nSPS) is 11.2. The van der Waals surface area contributed by atoms with Crippen molar-refractivity contribution in [3.63, 3.8) is 0 Å². The molecule has 1 amide bonds. The minimum atomic E-state index is -0.419. The van der Waals surface area contributed by atoms with Gasteiger partial charge < -0.3 is 10.2 Å². The number of rotatable bonds is 6. The Morgan fingerprint density at radius 2 is 1.89 bits per heavy atom. The van der Waals surface area contributed by atoms with Crippen LogP contribution in [0.15, 0.2) is 59.7 Å². The lowest BCUT2D eigenvalue weighted by Gasteiger charge is -2.08. The van der Waals surface area contributed by atoms with Crippen molar-refractivity contribution in [1.29, 1.82) is 0 Å². The van der Waals surface area contributed by atoms with E-state index in [2.05, 4.69) is 10.5 Å². The number of aliphatic hydroxyl groups is 1. The van der Waals surface area contributed by atoms with Gasteiger partial charge >= 0.3 is 0 Å². The van der Waals surface area contributed by atoms with E-state index in [4.69, 9.17) is 16.7 Å². The van der Waals surface area contributed by atoms with Gasteiger partial charge in [-0.15, -0.1) is 0 Å². The predicted molar refractivity (Wildman–Crippen MR) is 108 cm³/mol. The molecule has 0 unspecified atom stereocenters. The highest BCUT2D eigenvalue weighted by molar-refractivity contribution is 6.32. The van der Waals surface area contributed by atoms with Crippen LogP contribution in [-0.2, 0) is 6.42 Å². The molecular formula is C21H19ClN2O3. The van der Waals surface area contributed by atoms with Crippen LogP contribution >= 0.6 is 11.6 Å². The van der Waals surface area contributed by atoms with Gasteiger partial charge in [0.15, 0.2) is 0 Å². The number of hydrogen-bond acceptors (Lipinski definition) is 4. The SMILES string of the molecule is O=C(NN=Cc1ccc(CCCO)c2ccccc12)c1ccc(O)c(Cl)c1. The van der Waals surface area contributed by atoms with E-state index in [9.17, 15) is 9.90 Å². The molecule has 0 aromatic heterocycles. The molecule has 3 N–H and O–H groups in total. The average Bonchev–Trinajstić information content (AvgIpc) is 2.69. The molecule has 0 radical (unpaired) electrons. The number of benzene rings is 3. The van der Waals surface area contributed by atoms with E-state index in [1.165, 1.54) is 23.8 Å². The molecule has 138 valence electrons. The summed E-state index contributed by atoms with van der Waals surface area (Å²) in [6, 6.07) is 16.1. The highest BCUT2D eigenvalue weighted by Crippen LogP contribution is 2.24. The lowest BCUT2D eigenvalue weighted by molar-refractivity contribution is 0.0955. The Kier molecular flexibility index (Phi) is 6.06. The lowest BCUT2D eigenvalue weighted by Crippen LogP contribution is -2.17. The molecule has 3 rings (SSSR count). The summed E-state index contributed by atoms with van der Waals surface area (Å²) in [7, 11) is 0. The van der Waals surface area contributed by atoms with Crippen LogP contribution in [0, 0.1) is 0 Å². The zero-order valence-corrected chi connectivity index (χ0v) is 15.3. The number of nitrogens with zero attached hydrogens (tertiary/aromatic N) is 1. The number of aliphatic hydroxyl groups excluding tert-OH is 1. The Morgan fingerprint density at radius 1 is 1.11 bits per heavy atom. The van der Waals surface area contributed by atoms with E-state index in [-0.39, 0.29) is 17.4 Å². The number of nitrogens with one attached hydrogen (secondary N) is 1. The highest BCUT2D eigenvalue weighted by Gasteiger charge is 2.08. The van der Waals surface area contributed by atoms with Gasteiger partial charge in [-0.05, 0) is 47.4 Å². The van der Waals surface area contributed by atoms with Gasteiger partial charge in [0.2, 0.25) is 0 Å². The first-order chi connectivity index (χ1) is 13.1. The maximum atomic E-state index is 12.1. The second-order valence-corrected chi connectivity index (χ2v) is 6.46. The van der Waals surface area contributed by atoms with E-state index in [0.717, 1.165) is 22.8 Å². The summed E-state index contributed by atoms with van der Waals surface area (Å²) in [5.41, 5.74) is 4.81. The third-order valence-electron chi connectivity index (χ3n) is 4.23. The van der Waals surface area contributed by atoms with Crippen LogP contribution in [0.4, 0.5) is 0 Å². The van der Waals surface area contributed by atoms with Crippen molar-refractivity contribution >= 4 is 34.5 Å². The van der Waals surface area contributed by atoms with Gasteiger partial charge in [0.25, 0.3) is 5.91 Å². The molecule has 0 saturated heterocycles. The molecule has 0 heterocycles. The van der Waals surface area contributed by atoms with Crippen LogP contribution in [0.25, 0.3) is 10.8 Å². The van der Waals surface area contributed by atoms with Gasteiger partial charge in [0.05, 0.1) is 11.2 Å². The Bertz CT molecular complexity index is 1000. The molecule has 0 aliphatic rings. The van der Waals surface area contributed by atoms with Gasteiger partial charge in [0, 0.05) is 17.7 Å². The van der Waals surface area contributed by atoms with E-state index < -0.39 is 5.91 Å². The second kappa shape index (κ2) is 8.66. The Balaban J connectivity index is 1.79. The predicted octanol–water partition coefficient (Wildman–Crippen LogP) is 3.89. The average molecular weight is 383 g/mol. The maximum absolute atomic E-state index is 12.1. The fourth-order valence-corrected chi connectivity index (χ4v) is 3.04. The van der Waals surface area contributed by atoms with Crippen molar-refractivity contribution in [3.8, 4) is 5.75 Å². The van der Waals surface area contributed by atoms with Crippen molar-refractivity contribution in [3.05, 3.63) is 76.3 Å². The van der Waals surface area contributed by atoms with Crippen LogP contribution in [0.1, 0.15) is 27.9 Å². The topological polar surface area (TPSA) is 81.9 Å². The smallest absolute Gasteiger partial charge is 0.271 e. The summed E-state index contributed by atoms with van der Waals surface area (Å²) in [6.07, 6.45) is 3.10. The number of aryl methyl sites for hydroxylation is 1. The number of phenols is 1. The van der Waals surface area contributed by atoms with Crippen LogP contribution in [0.2, 0.25) is 5.02 Å². The summed E-state index contributed by atoms with van der Waals surface area (Å²) in [6.45, 7) is 0.158. The molecule has 0 fully saturated rings. The molecule has 0 spiro atoms. The van der Waals surface area contributed by atoms with Crippen LogP contribution in [0.5, 0.6) is 5.75 Å². The number of hydrogen-bond donors (Lipinski definition) is 3. The monoisotopic (exact) mass is 382 g/mol. The first-order valence-electron chi connectivity index (χ1n) is 8.53. The maximum Gasteiger partial charge on any atom is 0.271 e. The number of fused-ring (bicyclic) bond motifs is 1. The molecule has 0 bridgehead atoms. The number of hydrazone groups is 1. The highest BCUT2D eigenvalue weighted by atomic mass is 35.5. The van der Waals surface area contributed by atoms with E-state index in [1.807, 2.05) is 36.4 Å². The number of carbonyl (C=O) groups is 1. The largest absolute Gasteiger partial charge is 0.506 e. The molecule has 0 atom stereocenters. The molecule has 0 aliphatic carbocycles. The summed E-state index contributed by atoms with van der Waals surface area (Å²) in [5, 5.41) is 24.8. The zero-order valence-electron chi connectivity index (χ0n) is 14.5. The van der Waals surface area contributed by atoms with Crippen LogP contribution in [0.3, 0.4) is 0 Å². The van der Waals surface area contributed by atoms with Crippen LogP contribution in [-0.4, -0.2) is 28.9 Å². The molecule has 5 nitrogen and oxygen atoms in total. The standard InChI is InChI=1S/C21H19ClN2O3/c22-19-12-15(9-10-20(19)26)21(27)24-23-13-16-8-7-14(4-3-11-25)17-5-1-2-6-18(16)17/h1-2,5-10,12-13,25-26H,3-4,11H2,(H,24,27). The summed E-state index contributed by atoms with van der Waals surface area (Å²) in [5.74, 6) is -0.499. The van der Waals surface area contributed by atoms with Crippen molar-refractivity contribution in [1.82, 2.24) is 5.43 Å².